The van der Waals surface area contributed by atoms with Crippen molar-refractivity contribution in [1.29, 1.82) is 5.26 Å². The summed E-state index contributed by atoms with van der Waals surface area (Å²) >= 11 is 0. The standard InChI is InChI=1S/C12H14N2O4S/c1-9(6-7-12(15)16)14-19(17,18)11-5-3-2-4-10(11)8-13/h2-5,9,14H,6-7H2,1H3,(H,15,16). The molecule has 0 bridgehead atoms. The van der Waals surface area contributed by atoms with Crippen LogP contribution in [0.25, 0.3) is 0 Å². The molecule has 7 heteroatoms. The van der Waals surface area contributed by atoms with Gasteiger partial charge < -0.3 is 5.11 Å². The van der Waals surface area contributed by atoms with Crippen molar-refractivity contribution in [2.45, 2.75) is 30.7 Å². The van der Waals surface area contributed by atoms with Crippen LogP contribution in [0.2, 0.25) is 0 Å². The third kappa shape index (κ3) is 4.35. The van der Waals surface area contributed by atoms with Gasteiger partial charge in [0.05, 0.1) is 10.5 Å². The number of aliphatic carboxylic acids is 1. The van der Waals surface area contributed by atoms with Crippen LogP contribution in [0, 0.1) is 11.3 Å². The van der Waals surface area contributed by atoms with Crippen molar-refractivity contribution in [3.05, 3.63) is 29.8 Å². The maximum Gasteiger partial charge on any atom is 0.303 e. The van der Waals surface area contributed by atoms with Crippen LogP contribution in [0.4, 0.5) is 0 Å². The minimum absolute atomic E-state index is 0.0560. The zero-order valence-electron chi connectivity index (χ0n) is 10.3. The number of sulfonamides is 1. The molecule has 102 valence electrons. The van der Waals surface area contributed by atoms with Gasteiger partial charge >= 0.3 is 5.97 Å². The molecular weight excluding hydrogens is 268 g/mol. The molecule has 1 unspecified atom stereocenters. The molecule has 0 saturated carbocycles. The van der Waals surface area contributed by atoms with Crippen molar-refractivity contribution in [3.63, 3.8) is 0 Å². The first kappa shape index (κ1) is 15.1. The van der Waals surface area contributed by atoms with Gasteiger partial charge in [-0.05, 0) is 25.5 Å². The zero-order valence-corrected chi connectivity index (χ0v) is 11.1. The Labute approximate surface area is 111 Å². The van der Waals surface area contributed by atoms with E-state index in [2.05, 4.69) is 4.72 Å². The predicted octanol–water partition coefficient (Wildman–Crippen LogP) is 1.09. The summed E-state index contributed by atoms with van der Waals surface area (Å²) in [6, 6.07) is 7.14. The Morgan fingerprint density at radius 1 is 1.47 bits per heavy atom. The molecule has 0 spiro atoms. The lowest BCUT2D eigenvalue weighted by Gasteiger charge is -2.13. The normalized spacial score (nSPS) is 12.6. The van der Waals surface area contributed by atoms with Gasteiger partial charge in [0.1, 0.15) is 6.07 Å². The van der Waals surface area contributed by atoms with E-state index in [1.165, 1.54) is 18.2 Å². The fraction of sp³-hybridized carbons (Fsp3) is 0.333. The molecule has 0 fully saturated rings. The minimum atomic E-state index is -3.82. The van der Waals surface area contributed by atoms with Crippen molar-refractivity contribution in [2.24, 2.45) is 0 Å². The summed E-state index contributed by atoms with van der Waals surface area (Å²) in [6.07, 6.45) is 0.0624. The van der Waals surface area contributed by atoms with Crippen molar-refractivity contribution in [3.8, 4) is 6.07 Å². The van der Waals surface area contributed by atoms with Gasteiger partial charge in [0, 0.05) is 12.5 Å². The first-order valence-corrected chi connectivity index (χ1v) is 7.08. The van der Waals surface area contributed by atoms with Gasteiger partial charge in [-0.1, -0.05) is 12.1 Å². The van der Waals surface area contributed by atoms with Crippen molar-refractivity contribution < 1.29 is 18.3 Å². The highest BCUT2D eigenvalue weighted by atomic mass is 32.2. The highest BCUT2D eigenvalue weighted by molar-refractivity contribution is 7.89. The maximum absolute atomic E-state index is 12.1. The van der Waals surface area contributed by atoms with Crippen LogP contribution in [0.3, 0.4) is 0 Å². The summed E-state index contributed by atoms with van der Waals surface area (Å²) < 4.78 is 26.5. The number of carboxylic acids is 1. The third-order valence-electron chi connectivity index (χ3n) is 2.44. The number of nitriles is 1. The molecule has 1 atom stereocenters. The summed E-state index contributed by atoms with van der Waals surface area (Å²) in [6.45, 7) is 1.58. The molecule has 1 aromatic rings. The first-order chi connectivity index (χ1) is 8.86. The SMILES string of the molecule is CC(CCC(=O)O)NS(=O)(=O)c1ccccc1C#N. The number of hydrogen-bond donors (Lipinski definition) is 2. The lowest BCUT2D eigenvalue weighted by atomic mass is 10.2. The van der Waals surface area contributed by atoms with Gasteiger partial charge in [-0.3, -0.25) is 4.79 Å². The summed E-state index contributed by atoms with van der Waals surface area (Å²) in [5.74, 6) is -0.983. The quantitative estimate of drug-likeness (QED) is 0.812. The topological polar surface area (TPSA) is 107 Å². The van der Waals surface area contributed by atoms with Crippen LogP contribution < -0.4 is 4.72 Å². The van der Waals surface area contributed by atoms with Gasteiger partial charge in [-0.15, -0.1) is 0 Å². The maximum atomic E-state index is 12.1. The van der Waals surface area contributed by atoms with E-state index in [0.717, 1.165) is 0 Å². The fourth-order valence-corrected chi connectivity index (χ4v) is 2.96. The molecule has 0 amide bonds. The summed E-state index contributed by atoms with van der Waals surface area (Å²) in [5.41, 5.74) is 0.0560. The van der Waals surface area contributed by atoms with Crippen LogP contribution in [0.15, 0.2) is 29.2 Å². The Bertz CT molecular complexity index is 604. The molecule has 0 aliphatic carbocycles. The summed E-state index contributed by atoms with van der Waals surface area (Å²) in [7, 11) is -3.82. The number of benzene rings is 1. The Morgan fingerprint density at radius 3 is 2.68 bits per heavy atom. The molecule has 0 aliphatic heterocycles. The molecule has 0 aromatic heterocycles. The van der Waals surface area contributed by atoms with E-state index in [1.54, 1.807) is 13.0 Å². The Kier molecular flexibility index (Phi) is 5.03. The number of hydrogen-bond acceptors (Lipinski definition) is 4. The monoisotopic (exact) mass is 282 g/mol. The van der Waals surface area contributed by atoms with Gasteiger partial charge in [0.25, 0.3) is 0 Å². The molecule has 6 nitrogen and oxygen atoms in total. The van der Waals surface area contributed by atoms with Gasteiger partial charge in [0.15, 0.2) is 0 Å². The lowest BCUT2D eigenvalue weighted by molar-refractivity contribution is -0.137. The number of rotatable bonds is 6. The molecule has 19 heavy (non-hydrogen) atoms. The zero-order chi connectivity index (χ0) is 14.5. The van der Waals surface area contributed by atoms with E-state index in [4.69, 9.17) is 10.4 Å². The van der Waals surface area contributed by atoms with Crippen LogP contribution >= 0.6 is 0 Å². The number of carbonyl (C=O) groups is 1. The van der Waals surface area contributed by atoms with Crippen molar-refractivity contribution >= 4 is 16.0 Å². The third-order valence-corrected chi connectivity index (χ3v) is 4.09. The van der Waals surface area contributed by atoms with E-state index < -0.39 is 22.0 Å². The van der Waals surface area contributed by atoms with Gasteiger partial charge in [-0.25, -0.2) is 13.1 Å². The highest BCUT2D eigenvalue weighted by Crippen LogP contribution is 2.15. The largest absolute Gasteiger partial charge is 0.481 e. The van der Waals surface area contributed by atoms with E-state index >= 15 is 0 Å². The molecule has 1 aromatic carbocycles. The van der Waals surface area contributed by atoms with Crippen molar-refractivity contribution in [1.82, 2.24) is 4.72 Å². The molecule has 0 radical (unpaired) electrons. The lowest BCUT2D eigenvalue weighted by Crippen LogP contribution is -2.33. The van der Waals surface area contributed by atoms with E-state index in [9.17, 15) is 13.2 Å². The molecular formula is C12H14N2O4S. The van der Waals surface area contributed by atoms with Gasteiger partial charge in [0.2, 0.25) is 10.0 Å². The minimum Gasteiger partial charge on any atom is -0.481 e. The molecule has 1 rings (SSSR count). The van der Waals surface area contributed by atoms with E-state index in [0.29, 0.717) is 0 Å². The van der Waals surface area contributed by atoms with Crippen molar-refractivity contribution in [2.75, 3.05) is 0 Å². The van der Waals surface area contributed by atoms with Crippen LogP contribution in [0.1, 0.15) is 25.3 Å². The van der Waals surface area contributed by atoms with Crippen LogP contribution in [-0.4, -0.2) is 25.5 Å². The second-order valence-corrected chi connectivity index (χ2v) is 5.75. The average Bonchev–Trinajstić information content (AvgIpc) is 2.35. The summed E-state index contributed by atoms with van der Waals surface area (Å²) in [5, 5.41) is 17.4. The fourth-order valence-electron chi connectivity index (χ4n) is 1.52. The first-order valence-electron chi connectivity index (χ1n) is 5.60. The molecule has 0 saturated heterocycles. The van der Waals surface area contributed by atoms with E-state index in [1.807, 2.05) is 6.07 Å². The van der Waals surface area contributed by atoms with Gasteiger partial charge in [-0.2, -0.15) is 5.26 Å². The second-order valence-electron chi connectivity index (χ2n) is 4.06. The Balaban J connectivity index is 2.87. The predicted molar refractivity (Wildman–Crippen MR) is 67.8 cm³/mol. The average molecular weight is 282 g/mol. The number of carboxylic acid groups (broad SMARTS) is 1. The Morgan fingerprint density at radius 2 is 2.11 bits per heavy atom. The highest BCUT2D eigenvalue weighted by Gasteiger charge is 2.20. The molecule has 2 N–H and O–H groups in total. The number of nitrogens with zero attached hydrogens (tertiary/aromatic N) is 1. The smallest absolute Gasteiger partial charge is 0.303 e. The van der Waals surface area contributed by atoms with Crippen LogP contribution in [0.5, 0.6) is 0 Å². The molecule has 0 heterocycles. The van der Waals surface area contributed by atoms with E-state index in [-0.39, 0.29) is 23.3 Å². The summed E-state index contributed by atoms with van der Waals surface area (Å²) in [4.78, 5) is 10.3. The number of nitrogens with one attached hydrogen (secondary N) is 1. The Hall–Kier alpha value is -1.91. The molecule has 0 aliphatic rings. The van der Waals surface area contributed by atoms with Crippen LogP contribution in [-0.2, 0) is 14.8 Å². The second kappa shape index (κ2) is 6.31.